The van der Waals surface area contributed by atoms with Gasteiger partial charge in [0.2, 0.25) is 0 Å². The summed E-state index contributed by atoms with van der Waals surface area (Å²) >= 11 is 5.96. The van der Waals surface area contributed by atoms with Crippen molar-refractivity contribution in [1.82, 2.24) is 14.9 Å². The molecular weight excluding hydrogens is 230 g/mol. The quantitative estimate of drug-likeness (QED) is 0.702. The molecule has 6 heteroatoms. The maximum atomic E-state index is 11.5. The van der Waals surface area contributed by atoms with Crippen LogP contribution in [0.25, 0.3) is 0 Å². The fourth-order valence-electron chi connectivity index (χ4n) is 1.68. The molecule has 0 aliphatic carbocycles. The molecule has 0 saturated carbocycles. The first-order valence-electron chi connectivity index (χ1n) is 5.12. The minimum absolute atomic E-state index is 0.312. The molecule has 1 aliphatic heterocycles. The second-order valence-electron chi connectivity index (χ2n) is 3.46. The molecule has 0 atom stereocenters. The molecule has 0 spiro atoms. The van der Waals surface area contributed by atoms with Crippen LogP contribution in [0.4, 0.5) is 4.79 Å². The third-order valence-corrected chi connectivity index (χ3v) is 2.80. The van der Waals surface area contributed by atoms with Crippen molar-refractivity contribution in [3.8, 4) is 0 Å². The SMILES string of the molecule is CCOC(=O)N1CCc2ncnc(Cl)c2C1. The average molecular weight is 242 g/mol. The summed E-state index contributed by atoms with van der Waals surface area (Å²) in [6.07, 6.45) is 1.82. The largest absolute Gasteiger partial charge is 0.450 e. The van der Waals surface area contributed by atoms with E-state index in [2.05, 4.69) is 9.97 Å². The summed E-state index contributed by atoms with van der Waals surface area (Å²) in [6.45, 7) is 3.19. The highest BCUT2D eigenvalue weighted by Crippen LogP contribution is 2.22. The number of aromatic nitrogens is 2. The molecule has 0 radical (unpaired) electrons. The van der Waals surface area contributed by atoms with Gasteiger partial charge in [-0.1, -0.05) is 11.6 Å². The highest BCUT2D eigenvalue weighted by molar-refractivity contribution is 6.30. The first-order chi connectivity index (χ1) is 7.72. The van der Waals surface area contributed by atoms with Crippen molar-refractivity contribution in [1.29, 1.82) is 0 Å². The average Bonchev–Trinajstić information content (AvgIpc) is 2.29. The van der Waals surface area contributed by atoms with Gasteiger partial charge < -0.3 is 9.64 Å². The van der Waals surface area contributed by atoms with Crippen molar-refractivity contribution in [3.05, 3.63) is 22.7 Å². The molecule has 0 saturated heterocycles. The van der Waals surface area contributed by atoms with Crippen LogP contribution in [0.3, 0.4) is 0 Å². The number of carbonyl (C=O) groups is 1. The van der Waals surface area contributed by atoms with Gasteiger partial charge in [0.1, 0.15) is 11.5 Å². The van der Waals surface area contributed by atoms with Crippen LogP contribution in [0.15, 0.2) is 6.33 Å². The van der Waals surface area contributed by atoms with Crippen molar-refractivity contribution < 1.29 is 9.53 Å². The van der Waals surface area contributed by atoms with E-state index in [4.69, 9.17) is 16.3 Å². The van der Waals surface area contributed by atoms with Crippen LogP contribution in [-0.2, 0) is 17.7 Å². The lowest BCUT2D eigenvalue weighted by Crippen LogP contribution is -2.37. The van der Waals surface area contributed by atoms with Crippen molar-refractivity contribution >= 4 is 17.7 Å². The predicted octanol–water partition coefficient (Wildman–Crippen LogP) is 1.64. The topological polar surface area (TPSA) is 55.3 Å². The molecule has 2 heterocycles. The van der Waals surface area contributed by atoms with Gasteiger partial charge in [-0.15, -0.1) is 0 Å². The number of rotatable bonds is 1. The third-order valence-electron chi connectivity index (χ3n) is 2.48. The summed E-state index contributed by atoms with van der Waals surface area (Å²) in [7, 11) is 0. The number of halogens is 1. The fraction of sp³-hybridized carbons (Fsp3) is 0.500. The molecule has 2 rings (SSSR count). The standard InChI is InChI=1S/C10H12ClN3O2/c1-2-16-10(15)14-4-3-8-7(5-14)9(11)13-6-12-8/h6H,2-5H2,1H3. The Hall–Kier alpha value is -1.36. The summed E-state index contributed by atoms with van der Waals surface area (Å²) in [5.41, 5.74) is 1.74. The van der Waals surface area contributed by atoms with Crippen molar-refractivity contribution in [2.45, 2.75) is 19.9 Å². The van der Waals surface area contributed by atoms with Crippen LogP contribution < -0.4 is 0 Å². The zero-order valence-corrected chi connectivity index (χ0v) is 9.70. The van der Waals surface area contributed by atoms with Gasteiger partial charge in [-0.3, -0.25) is 0 Å². The van der Waals surface area contributed by atoms with Gasteiger partial charge in [0.15, 0.2) is 0 Å². The van der Waals surface area contributed by atoms with Crippen LogP contribution in [0.2, 0.25) is 5.15 Å². The molecular formula is C10H12ClN3O2. The molecule has 1 aromatic rings. The molecule has 5 nitrogen and oxygen atoms in total. The molecule has 0 unspecified atom stereocenters. The lowest BCUT2D eigenvalue weighted by Gasteiger charge is -2.27. The Morgan fingerprint density at radius 3 is 3.19 bits per heavy atom. The molecule has 0 aromatic carbocycles. The number of carbonyl (C=O) groups excluding carboxylic acids is 1. The van der Waals surface area contributed by atoms with Crippen molar-refractivity contribution in [3.63, 3.8) is 0 Å². The van der Waals surface area contributed by atoms with E-state index >= 15 is 0 Å². The minimum Gasteiger partial charge on any atom is -0.450 e. The molecule has 16 heavy (non-hydrogen) atoms. The smallest absolute Gasteiger partial charge is 0.410 e. The highest BCUT2D eigenvalue weighted by Gasteiger charge is 2.24. The number of hydrogen-bond acceptors (Lipinski definition) is 4. The van der Waals surface area contributed by atoms with Gasteiger partial charge in [-0.2, -0.15) is 0 Å². The van der Waals surface area contributed by atoms with E-state index in [-0.39, 0.29) is 6.09 Å². The monoisotopic (exact) mass is 241 g/mol. The number of hydrogen-bond donors (Lipinski definition) is 0. The molecule has 0 N–H and O–H groups in total. The first kappa shape index (κ1) is 11.1. The fourth-order valence-corrected chi connectivity index (χ4v) is 1.89. The van der Waals surface area contributed by atoms with Gasteiger partial charge in [0.25, 0.3) is 0 Å². The number of ether oxygens (including phenoxy) is 1. The number of fused-ring (bicyclic) bond motifs is 1. The number of amides is 1. The summed E-state index contributed by atoms with van der Waals surface area (Å²) in [5.74, 6) is 0. The molecule has 1 amide bonds. The molecule has 86 valence electrons. The van der Waals surface area contributed by atoms with Crippen LogP contribution in [0.5, 0.6) is 0 Å². The van der Waals surface area contributed by atoms with E-state index in [1.165, 1.54) is 6.33 Å². The second kappa shape index (κ2) is 4.65. The van der Waals surface area contributed by atoms with E-state index in [0.29, 0.717) is 31.3 Å². The van der Waals surface area contributed by atoms with Crippen LogP contribution in [0, 0.1) is 0 Å². The third kappa shape index (κ3) is 2.09. The van der Waals surface area contributed by atoms with Gasteiger partial charge in [0, 0.05) is 18.5 Å². The van der Waals surface area contributed by atoms with E-state index in [9.17, 15) is 4.79 Å². The van der Waals surface area contributed by atoms with Crippen molar-refractivity contribution in [2.24, 2.45) is 0 Å². The summed E-state index contributed by atoms with van der Waals surface area (Å²) in [5, 5.41) is 0.416. The number of nitrogens with zero attached hydrogens (tertiary/aromatic N) is 3. The van der Waals surface area contributed by atoms with E-state index < -0.39 is 0 Å². The maximum absolute atomic E-state index is 11.5. The Morgan fingerprint density at radius 1 is 1.62 bits per heavy atom. The molecule has 0 bridgehead atoms. The van der Waals surface area contributed by atoms with E-state index in [0.717, 1.165) is 11.3 Å². The second-order valence-corrected chi connectivity index (χ2v) is 3.82. The van der Waals surface area contributed by atoms with E-state index in [1.807, 2.05) is 0 Å². The zero-order valence-electron chi connectivity index (χ0n) is 8.94. The predicted molar refractivity (Wildman–Crippen MR) is 58.2 cm³/mol. The van der Waals surface area contributed by atoms with Gasteiger partial charge >= 0.3 is 6.09 Å². The first-order valence-corrected chi connectivity index (χ1v) is 5.50. The van der Waals surface area contributed by atoms with Gasteiger partial charge in [-0.05, 0) is 6.92 Å². The Balaban J connectivity index is 2.17. The molecule has 1 aliphatic rings. The minimum atomic E-state index is -0.312. The Labute approximate surface area is 98.4 Å². The summed E-state index contributed by atoms with van der Waals surface area (Å²) in [4.78, 5) is 21.2. The lowest BCUT2D eigenvalue weighted by molar-refractivity contribution is 0.102. The normalized spacial score (nSPS) is 14.5. The summed E-state index contributed by atoms with van der Waals surface area (Å²) in [6, 6.07) is 0. The van der Waals surface area contributed by atoms with Crippen LogP contribution in [0.1, 0.15) is 18.2 Å². The highest BCUT2D eigenvalue weighted by atomic mass is 35.5. The van der Waals surface area contributed by atoms with Gasteiger partial charge in [0.05, 0.1) is 18.8 Å². The molecule has 1 aromatic heterocycles. The maximum Gasteiger partial charge on any atom is 0.410 e. The van der Waals surface area contributed by atoms with E-state index in [1.54, 1.807) is 11.8 Å². The Bertz CT molecular complexity index is 411. The van der Waals surface area contributed by atoms with Gasteiger partial charge in [-0.25, -0.2) is 14.8 Å². The molecule has 0 fully saturated rings. The zero-order chi connectivity index (χ0) is 11.5. The Kier molecular flexibility index (Phi) is 3.24. The van der Waals surface area contributed by atoms with Crippen LogP contribution in [-0.4, -0.2) is 34.1 Å². The Morgan fingerprint density at radius 2 is 2.44 bits per heavy atom. The van der Waals surface area contributed by atoms with Crippen molar-refractivity contribution in [2.75, 3.05) is 13.2 Å². The lowest BCUT2D eigenvalue weighted by atomic mass is 10.1. The van der Waals surface area contributed by atoms with Crippen LogP contribution >= 0.6 is 11.6 Å². The summed E-state index contributed by atoms with van der Waals surface area (Å²) < 4.78 is 4.94.